The molecule has 2 aromatic heterocycles. The summed E-state index contributed by atoms with van der Waals surface area (Å²) in [5.74, 6) is 0.378. The lowest BCUT2D eigenvalue weighted by molar-refractivity contribution is 0.0142. The fourth-order valence-electron chi connectivity index (χ4n) is 3.91. The van der Waals surface area contributed by atoms with Crippen molar-refractivity contribution in [2.45, 2.75) is 64.1 Å². The summed E-state index contributed by atoms with van der Waals surface area (Å²) in [6.45, 7) is 6.73. The van der Waals surface area contributed by atoms with Gasteiger partial charge in [0.05, 0.1) is 18.2 Å². The van der Waals surface area contributed by atoms with Crippen molar-refractivity contribution in [1.29, 1.82) is 0 Å². The average Bonchev–Trinajstić information content (AvgIpc) is 3.64. The number of hydrogen-bond donors (Lipinski definition) is 0. The van der Waals surface area contributed by atoms with Crippen LogP contribution in [0.25, 0.3) is 11.4 Å². The molecular weight excluding hydrogens is 424 g/mol. The summed E-state index contributed by atoms with van der Waals surface area (Å²) in [6.07, 6.45) is 9.43. The first-order valence-electron chi connectivity index (χ1n) is 11.2. The summed E-state index contributed by atoms with van der Waals surface area (Å²) in [7, 11) is 1.50. The number of amides is 2. The quantitative estimate of drug-likeness (QED) is 0.678. The van der Waals surface area contributed by atoms with Crippen LogP contribution in [0.3, 0.4) is 0 Å². The van der Waals surface area contributed by atoms with Crippen LogP contribution in [0, 0.1) is 0 Å². The van der Waals surface area contributed by atoms with E-state index in [-0.39, 0.29) is 30.1 Å². The molecule has 1 saturated carbocycles. The summed E-state index contributed by atoms with van der Waals surface area (Å²) in [5, 5.41) is 0. The van der Waals surface area contributed by atoms with E-state index < -0.39 is 5.60 Å². The van der Waals surface area contributed by atoms with Crippen LogP contribution in [0.5, 0.6) is 6.01 Å². The summed E-state index contributed by atoms with van der Waals surface area (Å²) in [5.41, 5.74) is 0.576. The first-order valence-corrected chi connectivity index (χ1v) is 11.2. The molecule has 0 aromatic carbocycles. The van der Waals surface area contributed by atoms with Crippen molar-refractivity contribution in [3.8, 4) is 17.4 Å². The maximum absolute atomic E-state index is 13.4. The maximum Gasteiger partial charge on any atom is 0.410 e. The van der Waals surface area contributed by atoms with E-state index in [1.54, 1.807) is 29.7 Å². The van der Waals surface area contributed by atoms with E-state index in [1.165, 1.54) is 7.11 Å². The van der Waals surface area contributed by atoms with Gasteiger partial charge in [-0.15, -0.1) is 0 Å². The van der Waals surface area contributed by atoms with E-state index in [4.69, 9.17) is 9.47 Å². The van der Waals surface area contributed by atoms with Crippen LogP contribution < -0.4 is 4.74 Å². The lowest BCUT2D eigenvalue weighted by Crippen LogP contribution is -2.50. The first-order chi connectivity index (χ1) is 15.7. The minimum absolute atomic E-state index is 0.0641. The SMILES string of the molecule is COc1ncc(-c2ncc(C(=O)N(C3CC3)C3CCN(C(=O)OC(C)(C)C)CC3)cn2)cn1. The number of carbonyl (C=O) groups excluding carboxylic acids is 2. The van der Waals surface area contributed by atoms with Gasteiger partial charge >= 0.3 is 12.1 Å². The van der Waals surface area contributed by atoms with Crippen LogP contribution in [0.4, 0.5) is 4.79 Å². The van der Waals surface area contributed by atoms with Crippen LogP contribution >= 0.6 is 0 Å². The maximum atomic E-state index is 13.4. The third-order valence-corrected chi connectivity index (χ3v) is 5.65. The zero-order valence-electron chi connectivity index (χ0n) is 19.5. The largest absolute Gasteiger partial charge is 0.467 e. The molecule has 10 nitrogen and oxygen atoms in total. The van der Waals surface area contributed by atoms with Crippen molar-refractivity contribution in [3.63, 3.8) is 0 Å². The molecule has 0 unspecified atom stereocenters. The highest BCUT2D eigenvalue weighted by Gasteiger charge is 2.40. The smallest absolute Gasteiger partial charge is 0.410 e. The Morgan fingerprint density at radius 3 is 2.03 bits per heavy atom. The number of carbonyl (C=O) groups is 2. The summed E-state index contributed by atoms with van der Waals surface area (Å²) < 4.78 is 10.5. The Hall–Kier alpha value is -3.30. The number of likely N-dealkylation sites (tertiary alicyclic amines) is 1. The molecule has 0 radical (unpaired) electrons. The molecule has 0 bridgehead atoms. The van der Waals surface area contributed by atoms with Gasteiger partial charge in [0.2, 0.25) is 0 Å². The molecule has 1 aliphatic carbocycles. The Balaban J connectivity index is 1.41. The second-order valence-corrected chi connectivity index (χ2v) is 9.40. The second-order valence-electron chi connectivity index (χ2n) is 9.40. The number of ether oxygens (including phenoxy) is 2. The predicted octanol–water partition coefficient (Wildman–Crippen LogP) is 2.95. The molecule has 1 saturated heterocycles. The summed E-state index contributed by atoms with van der Waals surface area (Å²) in [4.78, 5) is 46.3. The van der Waals surface area contributed by atoms with Crippen LogP contribution in [0.1, 0.15) is 56.8 Å². The van der Waals surface area contributed by atoms with E-state index in [1.807, 2.05) is 25.7 Å². The molecule has 2 fully saturated rings. The van der Waals surface area contributed by atoms with Gasteiger partial charge in [0.25, 0.3) is 5.91 Å². The molecule has 2 aromatic rings. The molecule has 0 N–H and O–H groups in total. The van der Waals surface area contributed by atoms with E-state index in [0.29, 0.717) is 30.0 Å². The lowest BCUT2D eigenvalue weighted by atomic mass is 10.0. The first kappa shape index (κ1) is 22.9. The molecular formula is C23H30N6O4. The molecule has 176 valence electrons. The number of piperidine rings is 1. The van der Waals surface area contributed by atoms with Gasteiger partial charge in [0.1, 0.15) is 5.60 Å². The normalized spacial score (nSPS) is 16.9. The fraction of sp³-hybridized carbons (Fsp3) is 0.565. The number of rotatable bonds is 5. The Morgan fingerprint density at radius 1 is 0.939 bits per heavy atom. The van der Waals surface area contributed by atoms with Crippen molar-refractivity contribution in [3.05, 3.63) is 30.4 Å². The highest BCUT2D eigenvalue weighted by atomic mass is 16.6. The Labute approximate surface area is 193 Å². The minimum atomic E-state index is -0.520. The van der Waals surface area contributed by atoms with E-state index >= 15 is 0 Å². The Morgan fingerprint density at radius 2 is 1.52 bits per heavy atom. The topological polar surface area (TPSA) is 111 Å². The summed E-state index contributed by atoms with van der Waals surface area (Å²) >= 11 is 0. The highest BCUT2D eigenvalue weighted by molar-refractivity contribution is 5.94. The zero-order chi connectivity index (χ0) is 23.6. The van der Waals surface area contributed by atoms with Gasteiger partial charge in [0.15, 0.2) is 5.82 Å². The van der Waals surface area contributed by atoms with Crippen LogP contribution in [-0.2, 0) is 4.74 Å². The van der Waals surface area contributed by atoms with Gasteiger partial charge in [-0.3, -0.25) is 4.79 Å². The van der Waals surface area contributed by atoms with Gasteiger partial charge in [-0.2, -0.15) is 0 Å². The second kappa shape index (κ2) is 9.29. The molecule has 3 heterocycles. The van der Waals surface area contributed by atoms with Crippen molar-refractivity contribution < 1.29 is 19.1 Å². The molecule has 1 aliphatic heterocycles. The van der Waals surface area contributed by atoms with E-state index in [2.05, 4.69) is 19.9 Å². The van der Waals surface area contributed by atoms with Crippen LogP contribution in [0.2, 0.25) is 0 Å². The third-order valence-electron chi connectivity index (χ3n) is 5.65. The minimum Gasteiger partial charge on any atom is -0.467 e. The lowest BCUT2D eigenvalue weighted by Gasteiger charge is -2.39. The molecule has 2 aliphatic rings. The van der Waals surface area contributed by atoms with Gasteiger partial charge < -0.3 is 19.3 Å². The molecule has 33 heavy (non-hydrogen) atoms. The van der Waals surface area contributed by atoms with E-state index in [9.17, 15) is 9.59 Å². The third kappa shape index (κ3) is 5.55. The Bertz CT molecular complexity index is 978. The van der Waals surface area contributed by atoms with Gasteiger partial charge in [0, 0.05) is 50.0 Å². The van der Waals surface area contributed by atoms with Crippen molar-refractivity contribution >= 4 is 12.0 Å². The van der Waals surface area contributed by atoms with E-state index in [0.717, 1.165) is 25.7 Å². The zero-order valence-corrected chi connectivity index (χ0v) is 19.5. The molecule has 10 heteroatoms. The monoisotopic (exact) mass is 454 g/mol. The molecule has 0 atom stereocenters. The predicted molar refractivity (Wildman–Crippen MR) is 120 cm³/mol. The van der Waals surface area contributed by atoms with Crippen LogP contribution in [0.15, 0.2) is 24.8 Å². The average molecular weight is 455 g/mol. The standard InChI is InChI=1S/C23H30N6O4/c1-23(2,3)33-22(31)28-9-7-18(8-10-28)29(17-5-6-17)20(30)16-13-24-19(25-14-16)15-11-26-21(32-4)27-12-15/h11-14,17-18H,5-10H2,1-4H3. The Kier molecular flexibility index (Phi) is 6.44. The molecule has 4 rings (SSSR count). The van der Waals surface area contributed by atoms with Gasteiger partial charge in [-0.05, 0) is 46.5 Å². The number of nitrogens with zero attached hydrogens (tertiary/aromatic N) is 6. The summed E-state index contributed by atoms with van der Waals surface area (Å²) in [6, 6.07) is 0.590. The fourth-order valence-corrected chi connectivity index (χ4v) is 3.91. The van der Waals surface area contributed by atoms with Crippen LogP contribution in [-0.4, -0.2) is 79.6 Å². The number of methoxy groups -OCH3 is 1. The highest BCUT2D eigenvalue weighted by Crippen LogP contribution is 2.33. The van der Waals surface area contributed by atoms with Gasteiger partial charge in [-0.1, -0.05) is 0 Å². The van der Waals surface area contributed by atoms with Crippen molar-refractivity contribution in [2.24, 2.45) is 0 Å². The van der Waals surface area contributed by atoms with Gasteiger partial charge in [-0.25, -0.2) is 24.7 Å². The number of hydrogen-bond acceptors (Lipinski definition) is 8. The molecule has 0 spiro atoms. The number of aromatic nitrogens is 4. The van der Waals surface area contributed by atoms with Crippen molar-refractivity contribution in [1.82, 2.24) is 29.7 Å². The van der Waals surface area contributed by atoms with Crippen molar-refractivity contribution in [2.75, 3.05) is 20.2 Å². The molecule has 2 amide bonds.